The van der Waals surface area contributed by atoms with Crippen molar-refractivity contribution in [1.29, 1.82) is 0 Å². The van der Waals surface area contributed by atoms with Gasteiger partial charge in [-0.15, -0.1) is 0 Å². The second-order valence-electron chi connectivity index (χ2n) is 3.95. The molecule has 6 nitrogen and oxygen atoms in total. The minimum absolute atomic E-state index is 0.0810. The second-order valence-corrected chi connectivity index (χ2v) is 3.95. The molecular weight excluding hydrogens is 218 g/mol. The number of imidazole rings is 1. The van der Waals surface area contributed by atoms with E-state index in [4.69, 9.17) is 4.74 Å². The highest BCUT2D eigenvalue weighted by Gasteiger charge is 2.13. The molecule has 0 saturated carbocycles. The van der Waals surface area contributed by atoms with Gasteiger partial charge in [0.1, 0.15) is 12.0 Å². The zero-order chi connectivity index (χ0) is 11.7. The molecule has 4 N–H and O–H groups in total. The van der Waals surface area contributed by atoms with Gasteiger partial charge in [-0.25, -0.2) is 4.98 Å². The average Bonchev–Trinajstić information content (AvgIpc) is 2.96. The van der Waals surface area contributed by atoms with Gasteiger partial charge in [0.2, 0.25) is 5.95 Å². The fourth-order valence-corrected chi connectivity index (χ4v) is 1.93. The van der Waals surface area contributed by atoms with Crippen molar-refractivity contribution >= 4 is 17.0 Å². The van der Waals surface area contributed by atoms with E-state index in [1.165, 1.54) is 0 Å². The molecule has 0 aliphatic carbocycles. The molecule has 0 unspecified atom stereocenters. The Morgan fingerprint density at radius 3 is 2.94 bits per heavy atom. The number of benzene rings is 1. The summed E-state index contributed by atoms with van der Waals surface area (Å²) in [6, 6.07) is 5.77. The van der Waals surface area contributed by atoms with E-state index in [0.717, 1.165) is 35.8 Å². The van der Waals surface area contributed by atoms with Gasteiger partial charge in [0.05, 0.1) is 18.1 Å². The van der Waals surface area contributed by atoms with Gasteiger partial charge >= 0.3 is 0 Å². The number of aromatic nitrogens is 2. The molecule has 17 heavy (non-hydrogen) atoms. The van der Waals surface area contributed by atoms with Gasteiger partial charge in [-0.05, 0) is 12.1 Å². The molecule has 1 fully saturated rings. The number of nitrogens with one attached hydrogen (secondary N) is 4. The maximum atomic E-state index is 5.17. The predicted octanol–water partition coefficient (Wildman–Crippen LogP) is 0.460. The highest BCUT2D eigenvalue weighted by Crippen LogP contribution is 2.20. The van der Waals surface area contributed by atoms with E-state index in [-0.39, 0.29) is 6.29 Å². The topological polar surface area (TPSA) is 74.0 Å². The molecule has 0 radical (unpaired) electrons. The van der Waals surface area contributed by atoms with Crippen LogP contribution in [0, 0.1) is 0 Å². The lowest BCUT2D eigenvalue weighted by Crippen LogP contribution is -2.39. The van der Waals surface area contributed by atoms with Crippen LogP contribution < -0.4 is 20.7 Å². The van der Waals surface area contributed by atoms with Crippen LogP contribution in [0.4, 0.5) is 5.95 Å². The highest BCUT2D eigenvalue weighted by atomic mass is 16.5. The van der Waals surface area contributed by atoms with Crippen molar-refractivity contribution in [3.05, 3.63) is 18.2 Å². The Morgan fingerprint density at radius 1 is 1.35 bits per heavy atom. The number of H-pyrrole nitrogens is 1. The smallest absolute Gasteiger partial charge is 0.203 e. The molecule has 3 rings (SSSR count). The minimum Gasteiger partial charge on any atom is -0.497 e. The highest BCUT2D eigenvalue weighted by molar-refractivity contribution is 5.79. The molecule has 2 heterocycles. The van der Waals surface area contributed by atoms with E-state index in [0.29, 0.717) is 0 Å². The Morgan fingerprint density at radius 2 is 2.18 bits per heavy atom. The van der Waals surface area contributed by atoms with Crippen LogP contribution in [0.25, 0.3) is 11.0 Å². The van der Waals surface area contributed by atoms with E-state index in [1.54, 1.807) is 7.11 Å². The molecule has 1 saturated heterocycles. The number of aromatic amines is 1. The fourth-order valence-electron chi connectivity index (χ4n) is 1.93. The van der Waals surface area contributed by atoms with Crippen molar-refractivity contribution in [2.45, 2.75) is 6.29 Å². The molecule has 0 bridgehead atoms. The summed E-state index contributed by atoms with van der Waals surface area (Å²) in [5.41, 5.74) is 1.89. The third-order valence-corrected chi connectivity index (χ3v) is 2.79. The SMILES string of the molecule is COc1ccc2nc(NC3NCCN3)[nH]c2c1. The van der Waals surface area contributed by atoms with Gasteiger partial charge in [0.15, 0.2) is 0 Å². The first kappa shape index (κ1) is 10.4. The van der Waals surface area contributed by atoms with Crippen LogP contribution in [0.1, 0.15) is 0 Å². The van der Waals surface area contributed by atoms with Gasteiger partial charge in [0.25, 0.3) is 0 Å². The van der Waals surface area contributed by atoms with Crippen LogP contribution in [0.5, 0.6) is 5.75 Å². The third kappa shape index (κ3) is 2.04. The Hall–Kier alpha value is -1.79. The summed E-state index contributed by atoms with van der Waals surface area (Å²) < 4.78 is 5.17. The summed E-state index contributed by atoms with van der Waals surface area (Å²) in [6.45, 7) is 1.93. The van der Waals surface area contributed by atoms with Crippen molar-refractivity contribution < 1.29 is 4.74 Å². The maximum absolute atomic E-state index is 5.17. The molecule has 0 spiro atoms. The van der Waals surface area contributed by atoms with Gasteiger partial charge < -0.3 is 15.0 Å². The lowest BCUT2D eigenvalue weighted by molar-refractivity contribution is 0.415. The van der Waals surface area contributed by atoms with Crippen LogP contribution in [0.2, 0.25) is 0 Å². The Bertz CT molecular complexity index is 518. The zero-order valence-corrected chi connectivity index (χ0v) is 9.58. The first-order chi connectivity index (χ1) is 8.35. The molecule has 1 aromatic carbocycles. The predicted molar refractivity (Wildman–Crippen MR) is 66.1 cm³/mol. The largest absolute Gasteiger partial charge is 0.497 e. The van der Waals surface area contributed by atoms with E-state index in [1.807, 2.05) is 18.2 Å². The summed E-state index contributed by atoms with van der Waals surface area (Å²) in [4.78, 5) is 7.66. The molecule has 2 aromatic rings. The molecule has 90 valence electrons. The Balaban J connectivity index is 1.85. The summed E-state index contributed by atoms with van der Waals surface area (Å²) in [5, 5.41) is 9.77. The zero-order valence-electron chi connectivity index (χ0n) is 9.58. The first-order valence-corrected chi connectivity index (χ1v) is 5.62. The molecule has 0 atom stereocenters. The van der Waals surface area contributed by atoms with Crippen molar-refractivity contribution in [3.63, 3.8) is 0 Å². The summed E-state index contributed by atoms with van der Waals surface area (Å²) >= 11 is 0. The van der Waals surface area contributed by atoms with E-state index in [9.17, 15) is 0 Å². The number of rotatable bonds is 3. The fraction of sp³-hybridized carbons (Fsp3) is 0.364. The molecular formula is C11H15N5O. The van der Waals surface area contributed by atoms with E-state index in [2.05, 4.69) is 25.9 Å². The van der Waals surface area contributed by atoms with E-state index < -0.39 is 0 Å². The first-order valence-electron chi connectivity index (χ1n) is 5.62. The van der Waals surface area contributed by atoms with Crippen molar-refractivity contribution in [3.8, 4) is 5.75 Å². The molecule has 6 heteroatoms. The van der Waals surface area contributed by atoms with Crippen LogP contribution in [-0.4, -0.2) is 36.5 Å². The lowest BCUT2D eigenvalue weighted by Gasteiger charge is -2.11. The van der Waals surface area contributed by atoms with E-state index >= 15 is 0 Å². The van der Waals surface area contributed by atoms with Crippen molar-refractivity contribution in [2.75, 3.05) is 25.5 Å². The molecule has 1 aliphatic heterocycles. The van der Waals surface area contributed by atoms with Crippen molar-refractivity contribution in [1.82, 2.24) is 20.6 Å². The molecule has 0 amide bonds. The third-order valence-electron chi connectivity index (χ3n) is 2.79. The number of nitrogens with zero attached hydrogens (tertiary/aromatic N) is 1. The number of hydrogen-bond acceptors (Lipinski definition) is 5. The van der Waals surface area contributed by atoms with Crippen LogP contribution in [0.3, 0.4) is 0 Å². The monoisotopic (exact) mass is 233 g/mol. The number of methoxy groups -OCH3 is 1. The number of hydrogen-bond donors (Lipinski definition) is 4. The van der Waals surface area contributed by atoms with Gasteiger partial charge in [0, 0.05) is 19.2 Å². The quantitative estimate of drug-likeness (QED) is 0.620. The van der Waals surface area contributed by atoms with Crippen LogP contribution >= 0.6 is 0 Å². The normalized spacial score (nSPS) is 16.5. The standard InChI is InChI=1S/C11H15N5O/c1-17-7-2-3-8-9(6-7)15-11(14-8)16-10-12-4-5-13-10/h2-3,6,10,12-13H,4-5H2,1H3,(H2,14,15,16). The Labute approximate surface area is 98.8 Å². The van der Waals surface area contributed by atoms with Crippen LogP contribution in [0.15, 0.2) is 18.2 Å². The summed E-state index contributed by atoms with van der Waals surface area (Å²) in [5.74, 6) is 1.57. The number of ether oxygens (including phenoxy) is 1. The molecule has 1 aromatic heterocycles. The van der Waals surface area contributed by atoms with Crippen molar-refractivity contribution in [2.24, 2.45) is 0 Å². The van der Waals surface area contributed by atoms with Gasteiger partial charge in [-0.1, -0.05) is 0 Å². The molecule has 1 aliphatic rings. The second kappa shape index (κ2) is 4.23. The van der Waals surface area contributed by atoms with Crippen LogP contribution in [-0.2, 0) is 0 Å². The van der Waals surface area contributed by atoms with Gasteiger partial charge in [-0.2, -0.15) is 0 Å². The number of anilines is 1. The van der Waals surface area contributed by atoms with Gasteiger partial charge in [-0.3, -0.25) is 10.6 Å². The maximum Gasteiger partial charge on any atom is 0.203 e. The lowest BCUT2D eigenvalue weighted by atomic mass is 10.3. The Kier molecular flexibility index (Phi) is 2.58. The summed E-state index contributed by atoms with van der Waals surface area (Å²) in [6.07, 6.45) is 0.0810. The minimum atomic E-state index is 0.0810. The number of fused-ring (bicyclic) bond motifs is 1. The average molecular weight is 233 g/mol. The summed E-state index contributed by atoms with van der Waals surface area (Å²) in [7, 11) is 1.66.